The number of rotatable bonds is 3. The van der Waals surface area contributed by atoms with Gasteiger partial charge in [-0.25, -0.2) is 4.79 Å². The van der Waals surface area contributed by atoms with Crippen molar-refractivity contribution in [2.24, 2.45) is 11.3 Å². The van der Waals surface area contributed by atoms with E-state index in [2.05, 4.69) is 5.32 Å². The predicted octanol–water partition coefficient (Wildman–Crippen LogP) is 2.35. The van der Waals surface area contributed by atoms with E-state index in [1.807, 2.05) is 25.1 Å². The number of benzene rings is 1. The van der Waals surface area contributed by atoms with Crippen LogP contribution in [0.2, 0.25) is 0 Å². The van der Waals surface area contributed by atoms with Gasteiger partial charge < -0.3 is 24.6 Å². The molecule has 2 aliphatic heterocycles. The Labute approximate surface area is 160 Å². The minimum Gasteiger partial charge on any atom is -0.497 e. The maximum atomic E-state index is 12.9. The van der Waals surface area contributed by atoms with E-state index in [1.54, 1.807) is 31.0 Å². The lowest BCUT2D eigenvalue weighted by atomic mass is 9.71. The van der Waals surface area contributed by atoms with Crippen molar-refractivity contribution < 1.29 is 19.1 Å². The second-order valence-electron chi connectivity index (χ2n) is 7.75. The first-order valence-electron chi connectivity index (χ1n) is 9.36. The van der Waals surface area contributed by atoms with E-state index in [0.717, 1.165) is 29.8 Å². The van der Waals surface area contributed by atoms with Gasteiger partial charge in [0, 0.05) is 51.5 Å². The fourth-order valence-electron chi connectivity index (χ4n) is 4.16. The highest BCUT2D eigenvalue weighted by Gasteiger charge is 2.52. The van der Waals surface area contributed by atoms with E-state index in [-0.39, 0.29) is 23.3 Å². The van der Waals surface area contributed by atoms with Gasteiger partial charge in [0.2, 0.25) is 5.91 Å². The molecule has 3 amide bonds. The molecule has 0 bridgehead atoms. The van der Waals surface area contributed by atoms with E-state index in [1.165, 1.54) is 0 Å². The lowest BCUT2D eigenvalue weighted by molar-refractivity contribution is -0.138. The SMILES string of the molecule is COc1ccc(NC(=O)N2CC(C(=O)N(C)C)C3(CCOCC3)C2)c(C)c1. The summed E-state index contributed by atoms with van der Waals surface area (Å²) in [5, 5.41) is 2.99. The van der Waals surface area contributed by atoms with Gasteiger partial charge in [-0.15, -0.1) is 0 Å². The molecule has 3 rings (SSSR count). The Morgan fingerprint density at radius 2 is 2.00 bits per heavy atom. The lowest BCUT2D eigenvalue weighted by Crippen LogP contribution is -2.44. The van der Waals surface area contributed by atoms with Crippen LogP contribution in [0.25, 0.3) is 0 Å². The van der Waals surface area contributed by atoms with E-state index >= 15 is 0 Å². The monoisotopic (exact) mass is 375 g/mol. The second kappa shape index (κ2) is 7.76. The number of ether oxygens (including phenoxy) is 2. The molecule has 0 aromatic heterocycles. The number of nitrogens with zero attached hydrogens (tertiary/aromatic N) is 2. The van der Waals surface area contributed by atoms with Crippen molar-refractivity contribution in [1.82, 2.24) is 9.80 Å². The van der Waals surface area contributed by atoms with Crippen LogP contribution in [0.5, 0.6) is 5.75 Å². The fourth-order valence-corrected chi connectivity index (χ4v) is 4.16. The second-order valence-corrected chi connectivity index (χ2v) is 7.75. The fraction of sp³-hybridized carbons (Fsp3) is 0.600. The van der Waals surface area contributed by atoms with Gasteiger partial charge >= 0.3 is 6.03 Å². The summed E-state index contributed by atoms with van der Waals surface area (Å²) in [6.45, 7) is 4.24. The molecule has 0 aliphatic carbocycles. The average molecular weight is 375 g/mol. The van der Waals surface area contributed by atoms with Gasteiger partial charge in [-0.05, 0) is 43.5 Å². The number of likely N-dealkylation sites (tertiary alicyclic amines) is 1. The average Bonchev–Trinajstić information content (AvgIpc) is 3.01. The van der Waals surface area contributed by atoms with Gasteiger partial charge in [-0.2, -0.15) is 0 Å². The number of anilines is 1. The molecule has 2 heterocycles. The molecule has 1 aromatic carbocycles. The van der Waals surface area contributed by atoms with Crippen LogP contribution in [0.1, 0.15) is 18.4 Å². The molecule has 1 aromatic rings. The third kappa shape index (κ3) is 3.88. The van der Waals surface area contributed by atoms with Gasteiger partial charge in [0.1, 0.15) is 5.75 Å². The molecule has 0 radical (unpaired) electrons. The van der Waals surface area contributed by atoms with Crippen molar-refractivity contribution in [2.45, 2.75) is 19.8 Å². The zero-order valence-electron chi connectivity index (χ0n) is 16.6. The van der Waals surface area contributed by atoms with Crippen LogP contribution in [-0.2, 0) is 9.53 Å². The van der Waals surface area contributed by atoms with Crippen LogP contribution >= 0.6 is 0 Å². The quantitative estimate of drug-likeness (QED) is 0.880. The molecule has 1 spiro atoms. The zero-order chi connectivity index (χ0) is 19.6. The van der Waals surface area contributed by atoms with Crippen LogP contribution in [0, 0.1) is 18.3 Å². The van der Waals surface area contributed by atoms with Gasteiger partial charge in [0.15, 0.2) is 0 Å². The Morgan fingerprint density at radius 3 is 2.59 bits per heavy atom. The highest BCUT2D eigenvalue weighted by atomic mass is 16.5. The van der Waals surface area contributed by atoms with Crippen molar-refractivity contribution in [2.75, 3.05) is 52.8 Å². The minimum absolute atomic E-state index is 0.0906. The van der Waals surface area contributed by atoms with Crippen molar-refractivity contribution >= 4 is 17.6 Å². The van der Waals surface area contributed by atoms with Crippen LogP contribution < -0.4 is 10.1 Å². The molecule has 2 fully saturated rings. The molecular weight excluding hydrogens is 346 g/mol. The topological polar surface area (TPSA) is 71.1 Å². The molecule has 27 heavy (non-hydrogen) atoms. The first kappa shape index (κ1) is 19.5. The van der Waals surface area contributed by atoms with E-state index in [4.69, 9.17) is 9.47 Å². The summed E-state index contributed by atoms with van der Waals surface area (Å²) < 4.78 is 10.7. The lowest BCUT2D eigenvalue weighted by Gasteiger charge is -2.37. The number of hydrogen-bond acceptors (Lipinski definition) is 4. The highest BCUT2D eigenvalue weighted by Crippen LogP contribution is 2.45. The number of hydrogen-bond donors (Lipinski definition) is 1. The predicted molar refractivity (Wildman–Crippen MR) is 103 cm³/mol. The summed E-state index contributed by atoms with van der Waals surface area (Å²) in [4.78, 5) is 29.1. The van der Waals surface area contributed by atoms with E-state index < -0.39 is 0 Å². The van der Waals surface area contributed by atoms with Gasteiger partial charge in [0.25, 0.3) is 0 Å². The van der Waals surface area contributed by atoms with E-state index in [9.17, 15) is 9.59 Å². The molecular formula is C20H29N3O4. The summed E-state index contributed by atoms with van der Waals surface area (Å²) in [7, 11) is 5.17. The third-order valence-corrected chi connectivity index (χ3v) is 5.84. The Kier molecular flexibility index (Phi) is 5.60. The van der Waals surface area contributed by atoms with E-state index in [0.29, 0.717) is 26.3 Å². The van der Waals surface area contributed by atoms with Crippen LogP contribution in [-0.4, -0.2) is 69.2 Å². The number of carbonyl (C=O) groups is 2. The van der Waals surface area contributed by atoms with Gasteiger partial charge in [0.05, 0.1) is 13.0 Å². The molecule has 2 saturated heterocycles. The Balaban J connectivity index is 1.76. The summed E-state index contributed by atoms with van der Waals surface area (Å²) >= 11 is 0. The number of nitrogens with one attached hydrogen (secondary N) is 1. The third-order valence-electron chi connectivity index (χ3n) is 5.84. The van der Waals surface area contributed by atoms with Crippen molar-refractivity contribution in [1.29, 1.82) is 0 Å². The summed E-state index contributed by atoms with van der Waals surface area (Å²) in [6, 6.07) is 5.39. The first-order valence-corrected chi connectivity index (χ1v) is 9.36. The van der Waals surface area contributed by atoms with Crippen LogP contribution in [0.15, 0.2) is 18.2 Å². The number of urea groups is 1. The molecule has 1 N–H and O–H groups in total. The highest BCUT2D eigenvalue weighted by molar-refractivity contribution is 5.91. The minimum atomic E-state index is -0.189. The Morgan fingerprint density at radius 1 is 1.30 bits per heavy atom. The largest absolute Gasteiger partial charge is 0.497 e. The summed E-state index contributed by atoms with van der Waals surface area (Å²) in [5.41, 5.74) is 1.50. The van der Waals surface area contributed by atoms with Crippen molar-refractivity contribution in [3.8, 4) is 5.75 Å². The van der Waals surface area contributed by atoms with Gasteiger partial charge in [-0.1, -0.05) is 0 Å². The van der Waals surface area contributed by atoms with Crippen molar-refractivity contribution in [3.63, 3.8) is 0 Å². The summed E-state index contributed by atoms with van der Waals surface area (Å²) in [5.74, 6) is 0.663. The Bertz CT molecular complexity index is 713. The molecule has 148 valence electrons. The zero-order valence-corrected chi connectivity index (χ0v) is 16.6. The Hall–Kier alpha value is -2.28. The number of aryl methyl sites for hydroxylation is 1. The molecule has 7 heteroatoms. The number of carbonyl (C=O) groups excluding carboxylic acids is 2. The molecule has 0 saturated carbocycles. The molecule has 2 aliphatic rings. The van der Waals surface area contributed by atoms with Gasteiger partial charge in [-0.3, -0.25) is 4.79 Å². The summed E-state index contributed by atoms with van der Waals surface area (Å²) in [6.07, 6.45) is 1.62. The maximum Gasteiger partial charge on any atom is 0.321 e. The first-order chi connectivity index (χ1) is 12.9. The number of methoxy groups -OCH3 is 1. The molecule has 1 atom stereocenters. The normalized spacial score (nSPS) is 21.2. The van der Waals surface area contributed by atoms with Crippen molar-refractivity contribution in [3.05, 3.63) is 23.8 Å². The molecule has 1 unspecified atom stereocenters. The molecule has 7 nitrogen and oxygen atoms in total. The number of amides is 3. The van der Waals surface area contributed by atoms with Crippen LogP contribution in [0.4, 0.5) is 10.5 Å². The standard InChI is InChI=1S/C20H29N3O4/c1-14-11-15(26-4)5-6-17(14)21-19(25)23-12-16(18(24)22(2)3)20(13-23)7-9-27-10-8-20/h5-6,11,16H,7-10,12-13H2,1-4H3,(H,21,25). The van der Waals surface area contributed by atoms with Crippen LogP contribution in [0.3, 0.4) is 0 Å². The smallest absolute Gasteiger partial charge is 0.321 e. The maximum absolute atomic E-state index is 12.9.